The molecule has 40 heavy (non-hydrogen) atoms. The minimum absolute atomic E-state index is 0.278. The van der Waals surface area contributed by atoms with E-state index in [9.17, 15) is 10.2 Å². The molecule has 3 aromatic carbocycles. The van der Waals surface area contributed by atoms with Gasteiger partial charge in [0.15, 0.2) is 0 Å². The van der Waals surface area contributed by atoms with Gasteiger partial charge in [-0.25, -0.2) is 0 Å². The third-order valence-electron chi connectivity index (χ3n) is 8.59. The van der Waals surface area contributed by atoms with Crippen LogP contribution in [0.2, 0.25) is 0 Å². The topological polar surface area (TPSA) is 65.2 Å². The lowest BCUT2D eigenvalue weighted by molar-refractivity contribution is 0.460. The van der Waals surface area contributed by atoms with Crippen molar-refractivity contribution in [2.75, 3.05) is 0 Å². The first-order valence-electron chi connectivity index (χ1n) is 15.0. The third-order valence-corrected chi connectivity index (χ3v) is 8.59. The summed E-state index contributed by atoms with van der Waals surface area (Å²) in [6.45, 7) is 17.4. The van der Waals surface area contributed by atoms with Crippen LogP contribution in [0.1, 0.15) is 138 Å². The first-order valence-corrected chi connectivity index (χ1v) is 15.0. The van der Waals surface area contributed by atoms with E-state index < -0.39 is 0 Å². The molecule has 0 saturated carbocycles. The molecule has 0 amide bonds. The Hall–Kier alpha value is -3.40. The van der Waals surface area contributed by atoms with E-state index in [-0.39, 0.29) is 11.8 Å². The van der Waals surface area contributed by atoms with Gasteiger partial charge in [0.1, 0.15) is 11.5 Å². The lowest BCUT2D eigenvalue weighted by Crippen LogP contribution is -2.01. The predicted octanol–water partition coefficient (Wildman–Crippen LogP) is 10.7. The summed E-state index contributed by atoms with van der Waals surface area (Å²) in [5.74, 6) is 2.03. The van der Waals surface area contributed by atoms with Gasteiger partial charge >= 0.3 is 0 Å². The SMILES string of the molecule is CCC(C)c1cc(C=Nc2ccc(N=Cc3cc(C(C)CC)cc(C(C)CC)c3O)cc2)c(O)c(C(C)CC)c1. The van der Waals surface area contributed by atoms with Crippen LogP contribution in [-0.4, -0.2) is 22.6 Å². The van der Waals surface area contributed by atoms with Crippen molar-refractivity contribution in [1.82, 2.24) is 0 Å². The normalized spacial score (nSPS) is 15.0. The maximum absolute atomic E-state index is 11.0. The fraction of sp³-hybridized carbons (Fsp3) is 0.444. The van der Waals surface area contributed by atoms with Gasteiger partial charge in [0, 0.05) is 23.6 Å². The summed E-state index contributed by atoms with van der Waals surface area (Å²) in [7, 11) is 0. The minimum Gasteiger partial charge on any atom is -0.507 e. The summed E-state index contributed by atoms with van der Waals surface area (Å²) in [5, 5.41) is 22.0. The largest absolute Gasteiger partial charge is 0.507 e. The molecule has 0 aliphatic heterocycles. The van der Waals surface area contributed by atoms with E-state index in [0.717, 1.165) is 59.3 Å². The maximum Gasteiger partial charge on any atom is 0.127 e. The van der Waals surface area contributed by atoms with Crippen LogP contribution in [0.4, 0.5) is 11.4 Å². The van der Waals surface area contributed by atoms with Crippen molar-refractivity contribution >= 4 is 23.8 Å². The molecule has 4 unspecified atom stereocenters. The molecule has 2 N–H and O–H groups in total. The Balaban J connectivity index is 1.87. The van der Waals surface area contributed by atoms with Gasteiger partial charge in [-0.05, 0) is 108 Å². The molecular weight excluding hydrogens is 492 g/mol. The van der Waals surface area contributed by atoms with E-state index in [4.69, 9.17) is 0 Å². The third kappa shape index (κ3) is 7.41. The molecule has 0 aliphatic carbocycles. The molecule has 3 aromatic rings. The second-order valence-corrected chi connectivity index (χ2v) is 11.4. The summed E-state index contributed by atoms with van der Waals surface area (Å²) in [6, 6.07) is 16.1. The zero-order valence-corrected chi connectivity index (χ0v) is 25.7. The number of rotatable bonds is 12. The van der Waals surface area contributed by atoms with Crippen molar-refractivity contribution in [3.8, 4) is 11.5 Å². The number of aromatic hydroxyl groups is 2. The monoisotopic (exact) mass is 540 g/mol. The van der Waals surface area contributed by atoms with E-state index in [1.807, 2.05) is 24.3 Å². The van der Waals surface area contributed by atoms with Gasteiger partial charge in [-0.2, -0.15) is 0 Å². The average molecular weight is 541 g/mol. The van der Waals surface area contributed by atoms with Crippen LogP contribution in [0.25, 0.3) is 0 Å². The summed E-state index contributed by atoms with van der Waals surface area (Å²) < 4.78 is 0. The molecule has 0 aromatic heterocycles. The first-order chi connectivity index (χ1) is 19.1. The van der Waals surface area contributed by atoms with Gasteiger partial charge in [-0.1, -0.05) is 67.5 Å². The fourth-order valence-corrected chi connectivity index (χ4v) is 4.75. The van der Waals surface area contributed by atoms with Crippen LogP contribution in [0.3, 0.4) is 0 Å². The second-order valence-electron chi connectivity index (χ2n) is 11.4. The van der Waals surface area contributed by atoms with E-state index in [2.05, 4.69) is 89.6 Å². The Kier molecular flexibility index (Phi) is 11.1. The van der Waals surface area contributed by atoms with E-state index >= 15 is 0 Å². The standard InChI is InChI=1S/C36H48N2O2/c1-9-23(5)27-17-29(35(39)33(19-27)25(7)11-3)21-37-31-13-15-32(16-14-31)38-22-30-18-28(24(6)10-2)20-34(36(30)40)26(8)12-4/h13-26,39-40H,9-12H2,1-8H3. The molecule has 0 spiro atoms. The van der Waals surface area contributed by atoms with Crippen LogP contribution in [0.15, 0.2) is 58.5 Å². The van der Waals surface area contributed by atoms with E-state index in [1.54, 1.807) is 12.4 Å². The van der Waals surface area contributed by atoms with Gasteiger partial charge in [0.05, 0.1) is 11.4 Å². The first kappa shape index (κ1) is 31.1. The van der Waals surface area contributed by atoms with Gasteiger partial charge in [-0.3, -0.25) is 9.98 Å². The molecule has 0 fully saturated rings. The number of aliphatic imine (C=N–C) groups is 2. The Bertz CT molecular complexity index is 1220. The molecular formula is C36H48N2O2. The Labute approximate surface area is 241 Å². The molecule has 0 saturated heterocycles. The van der Waals surface area contributed by atoms with Crippen LogP contribution in [0.5, 0.6) is 11.5 Å². The fourth-order valence-electron chi connectivity index (χ4n) is 4.75. The Morgan fingerprint density at radius 2 is 0.875 bits per heavy atom. The number of benzene rings is 3. The average Bonchev–Trinajstić information content (AvgIpc) is 2.98. The quantitative estimate of drug-likeness (QED) is 0.224. The molecule has 3 rings (SSSR count). The summed E-state index contributed by atoms with van der Waals surface area (Å²) in [6.07, 6.45) is 7.55. The van der Waals surface area contributed by atoms with Crippen LogP contribution < -0.4 is 0 Å². The molecule has 214 valence electrons. The molecule has 4 atom stereocenters. The van der Waals surface area contributed by atoms with Crippen molar-refractivity contribution in [1.29, 1.82) is 0 Å². The summed E-state index contributed by atoms with van der Waals surface area (Å²) in [4.78, 5) is 9.33. The van der Waals surface area contributed by atoms with Gasteiger partial charge < -0.3 is 10.2 Å². The van der Waals surface area contributed by atoms with Crippen molar-refractivity contribution in [2.24, 2.45) is 9.98 Å². The highest BCUT2D eigenvalue weighted by Gasteiger charge is 2.17. The molecule has 0 radical (unpaired) electrons. The van der Waals surface area contributed by atoms with Crippen molar-refractivity contribution in [2.45, 2.75) is 105 Å². The Morgan fingerprint density at radius 3 is 1.18 bits per heavy atom. The zero-order valence-electron chi connectivity index (χ0n) is 25.7. The number of hydrogen-bond donors (Lipinski definition) is 2. The highest BCUT2D eigenvalue weighted by atomic mass is 16.3. The summed E-state index contributed by atoms with van der Waals surface area (Å²) >= 11 is 0. The molecule has 4 nitrogen and oxygen atoms in total. The highest BCUT2D eigenvalue weighted by molar-refractivity contribution is 5.88. The number of nitrogens with zero attached hydrogens (tertiary/aromatic N) is 2. The van der Waals surface area contributed by atoms with Crippen molar-refractivity contribution < 1.29 is 10.2 Å². The van der Waals surface area contributed by atoms with Crippen molar-refractivity contribution in [3.63, 3.8) is 0 Å². The molecule has 0 bridgehead atoms. The molecule has 4 heteroatoms. The zero-order chi connectivity index (χ0) is 29.4. The van der Waals surface area contributed by atoms with Crippen molar-refractivity contribution in [3.05, 3.63) is 81.9 Å². The van der Waals surface area contributed by atoms with Gasteiger partial charge in [0.25, 0.3) is 0 Å². The molecule has 0 heterocycles. The van der Waals surface area contributed by atoms with Gasteiger partial charge in [-0.15, -0.1) is 0 Å². The van der Waals surface area contributed by atoms with Crippen LogP contribution in [0, 0.1) is 0 Å². The second kappa shape index (κ2) is 14.3. The lowest BCUT2D eigenvalue weighted by Gasteiger charge is -2.18. The van der Waals surface area contributed by atoms with E-state index in [0.29, 0.717) is 23.3 Å². The minimum atomic E-state index is 0.278. The summed E-state index contributed by atoms with van der Waals surface area (Å²) in [5.41, 5.74) is 7.54. The number of phenolic OH excluding ortho intramolecular Hbond substituents is 2. The smallest absolute Gasteiger partial charge is 0.127 e. The predicted molar refractivity (Wildman–Crippen MR) is 172 cm³/mol. The number of hydrogen-bond acceptors (Lipinski definition) is 4. The maximum atomic E-state index is 11.0. The molecule has 0 aliphatic rings. The highest BCUT2D eigenvalue weighted by Crippen LogP contribution is 2.36. The van der Waals surface area contributed by atoms with E-state index in [1.165, 1.54) is 11.1 Å². The van der Waals surface area contributed by atoms with Crippen LogP contribution in [-0.2, 0) is 0 Å². The van der Waals surface area contributed by atoms with Crippen LogP contribution >= 0.6 is 0 Å². The lowest BCUT2D eigenvalue weighted by atomic mass is 9.89. The van der Waals surface area contributed by atoms with Gasteiger partial charge in [0.2, 0.25) is 0 Å². The Morgan fingerprint density at radius 1 is 0.550 bits per heavy atom. The number of phenols is 2.